The largest absolute Gasteiger partial charge is 0.356 e. The maximum atomic E-state index is 4.35. The average molecular weight is 310 g/mol. The molecule has 0 amide bonds. The molecule has 0 aromatic rings. The molecule has 1 aliphatic heterocycles. The third kappa shape index (κ3) is 5.76. The Morgan fingerprint density at radius 2 is 1.91 bits per heavy atom. The summed E-state index contributed by atoms with van der Waals surface area (Å²) in [7, 11) is 6.29. The molecular weight excluding hydrogens is 274 g/mol. The number of piperazine rings is 1. The van der Waals surface area contributed by atoms with E-state index in [0.717, 1.165) is 38.1 Å². The summed E-state index contributed by atoms with van der Waals surface area (Å²) in [5.41, 5.74) is 0. The molecule has 22 heavy (non-hydrogen) atoms. The van der Waals surface area contributed by atoms with E-state index in [0.29, 0.717) is 6.04 Å². The van der Waals surface area contributed by atoms with Gasteiger partial charge in [-0.2, -0.15) is 0 Å². The molecule has 128 valence electrons. The van der Waals surface area contributed by atoms with Crippen LogP contribution in [0.1, 0.15) is 38.5 Å². The first-order chi connectivity index (χ1) is 10.7. The van der Waals surface area contributed by atoms with Gasteiger partial charge in [0.25, 0.3) is 0 Å². The number of nitrogens with one attached hydrogen (secondary N) is 2. The Balaban J connectivity index is 1.60. The molecular formula is C17H35N5. The molecule has 1 aliphatic carbocycles. The van der Waals surface area contributed by atoms with Crippen LogP contribution < -0.4 is 10.6 Å². The molecule has 0 radical (unpaired) electrons. The summed E-state index contributed by atoms with van der Waals surface area (Å²) in [6.45, 7) is 5.44. The van der Waals surface area contributed by atoms with E-state index in [1.807, 2.05) is 7.05 Å². The molecule has 1 saturated heterocycles. The van der Waals surface area contributed by atoms with Gasteiger partial charge in [-0.05, 0) is 32.9 Å². The number of aliphatic imine (C=N–C) groups is 1. The summed E-state index contributed by atoms with van der Waals surface area (Å²) >= 11 is 0. The predicted octanol–water partition coefficient (Wildman–Crippen LogP) is 1.37. The van der Waals surface area contributed by atoms with Crippen LogP contribution in [0.4, 0.5) is 0 Å². The highest BCUT2D eigenvalue weighted by Gasteiger charge is 2.22. The lowest BCUT2D eigenvalue weighted by Gasteiger charge is -2.37. The number of rotatable bonds is 6. The van der Waals surface area contributed by atoms with E-state index >= 15 is 0 Å². The highest BCUT2D eigenvalue weighted by molar-refractivity contribution is 5.79. The molecule has 2 fully saturated rings. The van der Waals surface area contributed by atoms with E-state index in [1.54, 1.807) is 0 Å². The Kier molecular flexibility index (Phi) is 7.46. The lowest BCUT2D eigenvalue weighted by atomic mass is 10.0. The standard InChI is InChI=1S/C17H35N5/c1-18-17(19-10-6-9-15-7-4-5-8-15)20-13-16-14-21(2)11-12-22(16)3/h15-16H,4-14H2,1-3H3,(H2,18,19,20). The van der Waals surface area contributed by atoms with Crippen molar-refractivity contribution in [2.75, 3.05) is 53.9 Å². The number of guanidine groups is 1. The van der Waals surface area contributed by atoms with Crippen LogP contribution in [0.2, 0.25) is 0 Å². The van der Waals surface area contributed by atoms with Crippen LogP contribution in [0.5, 0.6) is 0 Å². The summed E-state index contributed by atoms with van der Waals surface area (Å²) in [5, 5.41) is 6.95. The first-order valence-corrected chi connectivity index (χ1v) is 9.02. The van der Waals surface area contributed by atoms with Crippen molar-refractivity contribution in [2.45, 2.75) is 44.6 Å². The molecule has 0 spiro atoms. The Morgan fingerprint density at radius 3 is 2.64 bits per heavy atom. The number of hydrogen-bond donors (Lipinski definition) is 2. The zero-order valence-corrected chi connectivity index (χ0v) is 14.8. The van der Waals surface area contributed by atoms with Gasteiger partial charge in [-0.25, -0.2) is 0 Å². The minimum Gasteiger partial charge on any atom is -0.356 e. The normalized spacial score (nSPS) is 25.6. The van der Waals surface area contributed by atoms with Crippen molar-refractivity contribution in [1.29, 1.82) is 0 Å². The topological polar surface area (TPSA) is 42.9 Å². The molecule has 0 aromatic heterocycles. The first-order valence-electron chi connectivity index (χ1n) is 9.02. The summed E-state index contributed by atoms with van der Waals surface area (Å²) < 4.78 is 0. The van der Waals surface area contributed by atoms with Crippen molar-refractivity contribution in [3.8, 4) is 0 Å². The molecule has 5 nitrogen and oxygen atoms in total. The molecule has 2 rings (SSSR count). The highest BCUT2D eigenvalue weighted by Crippen LogP contribution is 2.28. The van der Waals surface area contributed by atoms with E-state index in [9.17, 15) is 0 Å². The van der Waals surface area contributed by atoms with Crippen molar-refractivity contribution in [1.82, 2.24) is 20.4 Å². The zero-order valence-electron chi connectivity index (χ0n) is 14.8. The van der Waals surface area contributed by atoms with Crippen molar-refractivity contribution in [2.24, 2.45) is 10.9 Å². The van der Waals surface area contributed by atoms with Gasteiger partial charge >= 0.3 is 0 Å². The highest BCUT2D eigenvalue weighted by atomic mass is 15.3. The maximum Gasteiger partial charge on any atom is 0.191 e. The fraction of sp³-hybridized carbons (Fsp3) is 0.941. The van der Waals surface area contributed by atoms with E-state index in [-0.39, 0.29) is 0 Å². The van der Waals surface area contributed by atoms with Gasteiger partial charge < -0.3 is 15.5 Å². The van der Waals surface area contributed by atoms with Crippen molar-refractivity contribution >= 4 is 5.96 Å². The molecule has 2 N–H and O–H groups in total. The lowest BCUT2D eigenvalue weighted by Crippen LogP contribution is -2.55. The third-order valence-electron chi connectivity index (χ3n) is 5.27. The van der Waals surface area contributed by atoms with Crippen LogP contribution in [0.15, 0.2) is 4.99 Å². The third-order valence-corrected chi connectivity index (χ3v) is 5.27. The maximum absolute atomic E-state index is 4.35. The Morgan fingerprint density at radius 1 is 1.14 bits per heavy atom. The summed E-state index contributed by atoms with van der Waals surface area (Å²) in [5.74, 6) is 1.94. The average Bonchev–Trinajstić information content (AvgIpc) is 3.03. The fourth-order valence-electron chi connectivity index (χ4n) is 3.65. The van der Waals surface area contributed by atoms with Gasteiger partial charge in [0.2, 0.25) is 0 Å². The summed E-state index contributed by atoms with van der Waals surface area (Å²) in [4.78, 5) is 9.20. The van der Waals surface area contributed by atoms with Crippen LogP contribution in [0.3, 0.4) is 0 Å². The minimum atomic E-state index is 0.566. The number of hydrogen-bond acceptors (Lipinski definition) is 3. The number of likely N-dealkylation sites (N-methyl/N-ethyl adjacent to an activating group) is 2. The number of nitrogens with zero attached hydrogens (tertiary/aromatic N) is 3. The molecule has 1 heterocycles. The van der Waals surface area contributed by atoms with Gasteiger partial charge in [-0.15, -0.1) is 0 Å². The monoisotopic (exact) mass is 309 g/mol. The van der Waals surface area contributed by atoms with Gasteiger partial charge in [-0.3, -0.25) is 9.89 Å². The van der Waals surface area contributed by atoms with Gasteiger partial charge in [-0.1, -0.05) is 25.7 Å². The lowest BCUT2D eigenvalue weighted by molar-refractivity contribution is 0.116. The van der Waals surface area contributed by atoms with E-state index < -0.39 is 0 Å². The molecule has 2 aliphatic rings. The smallest absolute Gasteiger partial charge is 0.191 e. The second-order valence-electron chi connectivity index (χ2n) is 7.07. The molecule has 1 saturated carbocycles. The van der Waals surface area contributed by atoms with E-state index in [4.69, 9.17) is 0 Å². The SMILES string of the molecule is CN=C(NCCCC1CCCC1)NCC1CN(C)CCN1C. The van der Waals surface area contributed by atoms with E-state index in [1.165, 1.54) is 45.1 Å². The van der Waals surface area contributed by atoms with Crippen molar-refractivity contribution in [3.05, 3.63) is 0 Å². The predicted molar refractivity (Wildman–Crippen MR) is 94.5 cm³/mol. The van der Waals surface area contributed by atoms with Crippen LogP contribution >= 0.6 is 0 Å². The second-order valence-corrected chi connectivity index (χ2v) is 7.07. The molecule has 0 bridgehead atoms. The Bertz CT molecular complexity index is 338. The van der Waals surface area contributed by atoms with Crippen LogP contribution in [-0.4, -0.2) is 75.7 Å². The van der Waals surface area contributed by atoms with Crippen LogP contribution in [0.25, 0.3) is 0 Å². The van der Waals surface area contributed by atoms with Gasteiger partial charge in [0.15, 0.2) is 5.96 Å². The second kappa shape index (κ2) is 9.36. The van der Waals surface area contributed by atoms with Gasteiger partial charge in [0, 0.05) is 45.8 Å². The zero-order chi connectivity index (χ0) is 15.8. The molecule has 1 atom stereocenters. The molecule has 0 aromatic carbocycles. The first kappa shape index (κ1) is 17.5. The summed E-state index contributed by atoms with van der Waals surface area (Å²) in [6.07, 6.45) is 8.44. The fourth-order valence-corrected chi connectivity index (χ4v) is 3.65. The van der Waals surface area contributed by atoms with Crippen LogP contribution in [-0.2, 0) is 0 Å². The quantitative estimate of drug-likeness (QED) is 0.442. The molecule has 5 heteroatoms. The summed E-state index contributed by atoms with van der Waals surface area (Å²) in [6, 6.07) is 0.566. The van der Waals surface area contributed by atoms with Crippen LogP contribution in [0, 0.1) is 5.92 Å². The van der Waals surface area contributed by atoms with E-state index in [2.05, 4.69) is 39.5 Å². The Hall–Kier alpha value is -0.810. The van der Waals surface area contributed by atoms with Gasteiger partial charge in [0.05, 0.1) is 0 Å². The van der Waals surface area contributed by atoms with Gasteiger partial charge in [0.1, 0.15) is 0 Å². The van der Waals surface area contributed by atoms with Crippen molar-refractivity contribution in [3.63, 3.8) is 0 Å². The minimum absolute atomic E-state index is 0.566. The molecule has 1 unspecified atom stereocenters. The van der Waals surface area contributed by atoms with Crippen molar-refractivity contribution < 1.29 is 0 Å². The Labute approximate surface area is 136 Å².